The fourth-order valence-corrected chi connectivity index (χ4v) is 5.60. The van der Waals surface area contributed by atoms with Gasteiger partial charge in [-0.3, -0.25) is 0 Å². The molecular weight excluding hydrogens is 334 g/mol. The lowest BCUT2D eigenvalue weighted by Gasteiger charge is -2.38. The topological polar surface area (TPSA) is 47.9 Å². The van der Waals surface area contributed by atoms with Gasteiger partial charge in [-0.1, -0.05) is 0 Å². The molecule has 0 saturated heterocycles. The maximum atomic E-state index is 9.12. The Hall–Kier alpha value is 0.307. The molecule has 0 heterocycles. The predicted molar refractivity (Wildman–Crippen MR) is 92.8 cm³/mol. The van der Waals surface area contributed by atoms with Gasteiger partial charge in [-0.05, 0) is 34.6 Å². The lowest BCUT2D eigenvalue weighted by atomic mass is 10.2. The standard InChI is InChI=1S/C16H38NO4Si.ClH/c1-6-17(7-2,13-11-15-18)14-12-16-22(19-8-3,20-9-4)21-10-5;/h18H,6-16H2,1-5H3;1H/q+1;/p-1. The van der Waals surface area contributed by atoms with Crippen molar-refractivity contribution in [2.45, 2.75) is 53.5 Å². The molecule has 0 aliphatic rings. The van der Waals surface area contributed by atoms with Crippen molar-refractivity contribution in [1.29, 1.82) is 0 Å². The van der Waals surface area contributed by atoms with Crippen LogP contribution in [0.3, 0.4) is 0 Å². The molecule has 0 unspecified atom stereocenters. The fraction of sp³-hybridized carbons (Fsp3) is 1.00. The maximum Gasteiger partial charge on any atom is 0.501 e. The van der Waals surface area contributed by atoms with Gasteiger partial charge in [0.25, 0.3) is 0 Å². The highest BCUT2D eigenvalue weighted by molar-refractivity contribution is 6.60. The number of aliphatic hydroxyl groups excluding tert-OH is 1. The zero-order valence-electron chi connectivity index (χ0n) is 15.8. The van der Waals surface area contributed by atoms with Crippen LogP contribution in [-0.4, -0.2) is 71.0 Å². The minimum absolute atomic E-state index is 0. The van der Waals surface area contributed by atoms with Crippen molar-refractivity contribution in [1.82, 2.24) is 0 Å². The fourth-order valence-electron chi connectivity index (χ4n) is 3.01. The molecule has 0 aromatic heterocycles. The summed E-state index contributed by atoms with van der Waals surface area (Å²) in [5.74, 6) is 0. The zero-order valence-corrected chi connectivity index (χ0v) is 17.5. The molecule has 0 aromatic carbocycles. The first-order valence-electron chi connectivity index (χ1n) is 8.95. The van der Waals surface area contributed by atoms with Crippen molar-refractivity contribution < 1.29 is 35.3 Å². The smallest absolute Gasteiger partial charge is 0.501 e. The van der Waals surface area contributed by atoms with Gasteiger partial charge in [0, 0.05) is 45.3 Å². The summed E-state index contributed by atoms with van der Waals surface area (Å²) in [5.41, 5.74) is 0. The first kappa shape index (κ1) is 25.5. The van der Waals surface area contributed by atoms with Crippen molar-refractivity contribution >= 4 is 8.80 Å². The quantitative estimate of drug-likeness (QED) is 0.316. The van der Waals surface area contributed by atoms with Gasteiger partial charge in [0.2, 0.25) is 0 Å². The van der Waals surface area contributed by atoms with Crippen molar-refractivity contribution in [2.75, 3.05) is 52.6 Å². The van der Waals surface area contributed by atoms with Crippen molar-refractivity contribution in [2.24, 2.45) is 0 Å². The van der Waals surface area contributed by atoms with Crippen LogP contribution in [0, 0.1) is 0 Å². The SMILES string of the molecule is CCO[Si](CCC[N+](CC)(CC)CCCO)(OCC)OCC.[Cl-]. The minimum Gasteiger partial charge on any atom is -1.00 e. The van der Waals surface area contributed by atoms with E-state index in [0.717, 1.165) is 49.5 Å². The number of rotatable bonds is 15. The van der Waals surface area contributed by atoms with Crippen LogP contribution >= 0.6 is 0 Å². The second-order valence-corrected chi connectivity index (χ2v) is 8.32. The van der Waals surface area contributed by atoms with E-state index >= 15 is 0 Å². The molecule has 0 aliphatic carbocycles. The van der Waals surface area contributed by atoms with E-state index in [1.165, 1.54) is 0 Å². The molecule has 1 N–H and O–H groups in total. The van der Waals surface area contributed by atoms with Crippen LogP contribution in [0.25, 0.3) is 0 Å². The summed E-state index contributed by atoms with van der Waals surface area (Å²) in [5, 5.41) is 9.12. The Morgan fingerprint density at radius 1 is 0.783 bits per heavy atom. The number of nitrogens with zero attached hydrogens (tertiary/aromatic N) is 1. The summed E-state index contributed by atoms with van der Waals surface area (Å²) in [4.78, 5) is 0. The summed E-state index contributed by atoms with van der Waals surface area (Å²) >= 11 is 0. The minimum atomic E-state index is -2.51. The molecule has 0 aliphatic heterocycles. The molecule has 7 heteroatoms. The average molecular weight is 372 g/mol. The number of halogens is 1. The number of quaternary nitrogens is 1. The Kier molecular flexibility index (Phi) is 16.3. The molecule has 0 radical (unpaired) electrons. The molecule has 0 saturated carbocycles. The van der Waals surface area contributed by atoms with E-state index in [-0.39, 0.29) is 19.0 Å². The van der Waals surface area contributed by atoms with E-state index in [0.29, 0.717) is 19.8 Å². The average Bonchev–Trinajstić information content (AvgIpc) is 2.52. The highest BCUT2D eigenvalue weighted by atomic mass is 35.5. The molecule has 0 spiro atoms. The molecule has 0 aromatic rings. The highest BCUT2D eigenvalue weighted by Gasteiger charge is 2.40. The zero-order chi connectivity index (χ0) is 16.9. The van der Waals surface area contributed by atoms with Crippen LogP contribution < -0.4 is 12.4 Å². The molecule has 23 heavy (non-hydrogen) atoms. The molecule has 0 fully saturated rings. The van der Waals surface area contributed by atoms with Crippen LogP contribution in [0.1, 0.15) is 47.5 Å². The van der Waals surface area contributed by atoms with Crippen LogP contribution in [0.4, 0.5) is 0 Å². The van der Waals surface area contributed by atoms with Gasteiger partial charge in [0.15, 0.2) is 0 Å². The van der Waals surface area contributed by atoms with E-state index in [1.807, 2.05) is 20.8 Å². The summed E-state index contributed by atoms with van der Waals surface area (Å²) in [6, 6.07) is 0.877. The Morgan fingerprint density at radius 3 is 1.57 bits per heavy atom. The molecule has 0 bridgehead atoms. The van der Waals surface area contributed by atoms with Gasteiger partial charge < -0.3 is 35.3 Å². The molecule has 0 atom stereocenters. The molecule has 142 valence electrons. The number of hydrogen-bond acceptors (Lipinski definition) is 4. The highest BCUT2D eigenvalue weighted by Crippen LogP contribution is 2.20. The van der Waals surface area contributed by atoms with Crippen LogP contribution in [-0.2, 0) is 13.3 Å². The van der Waals surface area contributed by atoms with Crippen molar-refractivity contribution in [3.63, 3.8) is 0 Å². The summed E-state index contributed by atoms with van der Waals surface area (Å²) < 4.78 is 18.8. The Balaban J connectivity index is 0. The predicted octanol–water partition coefficient (Wildman–Crippen LogP) is -0.332. The van der Waals surface area contributed by atoms with E-state index < -0.39 is 8.80 Å². The summed E-state index contributed by atoms with van der Waals surface area (Å²) in [6.07, 6.45) is 1.91. The van der Waals surface area contributed by atoms with Gasteiger partial charge in [0.1, 0.15) is 0 Å². The lowest BCUT2D eigenvalue weighted by Crippen LogP contribution is -3.00. The summed E-state index contributed by atoms with van der Waals surface area (Å²) in [6.45, 7) is 17.0. The van der Waals surface area contributed by atoms with Gasteiger partial charge in [0.05, 0.1) is 26.2 Å². The molecule has 0 rings (SSSR count). The number of aliphatic hydroxyl groups is 1. The van der Waals surface area contributed by atoms with Gasteiger partial charge >= 0.3 is 8.80 Å². The summed E-state index contributed by atoms with van der Waals surface area (Å²) in [7, 11) is -2.51. The molecular formula is C16H38ClNO4Si. The monoisotopic (exact) mass is 371 g/mol. The van der Waals surface area contributed by atoms with Gasteiger partial charge in [-0.15, -0.1) is 0 Å². The molecule has 5 nitrogen and oxygen atoms in total. The largest absolute Gasteiger partial charge is 1.00 e. The first-order chi connectivity index (χ1) is 10.6. The van der Waals surface area contributed by atoms with Crippen molar-refractivity contribution in [3.8, 4) is 0 Å². The Bertz CT molecular complexity index is 251. The Labute approximate surface area is 150 Å². The second-order valence-electron chi connectivity index (χ2n) is 5.58. The van der Waals surface area contributed by atoms with E-state index in [2.05, 4.69) is 13.8 Å². The van der Waals surface area contributed by atoms with E-state index in [4.69, 9.17) is 18.4 Å². The van der Waals surface area contributed by atoms with Gasteiger partial charge in [-0.25, -0.2) is 0 Å². The van der Waals surface area contributed by atoms with Crippen molar-refractivity contribution in [3.05, 3.63) is 0 Å². The normalized spacial score (nSPS) is 12.3. The van der Waals surface area contributed by atoms with E-state index in [1.54, 1.807) is 0 Å². The lowest BCUT2D eigenvalue weighted by molar-refractivity contribution is -0.925. The maximum absolute atomic E-state index is 9.12. The van der Waals surface area contributed by atoms with Crippen LogP contribution in [0.5, 0.6) is 0 Å². The third kappa shape index (κ3) is 9.39. The van der Waals surface area contributed by atoms with E-state index in [9.17, 15) is 0 Å². The van der Waals surface area contributed by atoms with Crippen LogP contribution in [0.2, 0.25) is 6.04 Å². The first-order valence-corrected chi connectivity index (χ1v) is 10.9. The Morgan fingerprint density at radius 2 is 1.22 bits per heavy atom. The van der Waals surface area contributed by atoms with Crippen LogP contribution in [0.15, 0.2) is 0 Å². The third-order valence-electron chi connectivity index (χ3n) is 4.34. The van der Waals surface area contributed by atoms with Gasteiger partial charge in [-0.2, -0.15) is 0 Å². The number of hydrogen-bond donors (Lipinski definition) is 1. The molecule has 0 amide bonds. The second kappa shape index (κ2) is 14.6. The third-order valence-corrected chi connectivity index (χ3v) is 7.49.